The number of hydrogen-bond acceptors (Lipinski definition) is 5. The minimum absolute atomic E-state index is 0.191. The number of phenols is 2. The van der Waals surface area contributed by atoms with Gasteiger partial charge in [0.1, 0.15) is 0 Å². The van der Waals surface area contributed by atoms with Crippen molar-refractivity contribution in [3.8, 4) is 22.9 Å². The first-order chi connectivity index (χ1) is 11.0. The molecular formula is C15H11ClN4O2S. The van der Waals surface area contributed by atoms with Crippen molar-refractivity contribution in [2.45, 2.75) is 0 Å². The van der Waals surface area contributed by atoms with Crippen LogP contribution in [0.4, 0.5) is 0 Å². The number of benzene rings is 2. The molecule has 0 amide bonds. The van der Waals surface area contributed by atoms with Crippen LogP contribution >= 0.6 is 23.8 Å². The predicted octanol–water partition coefficient (Wildman–Crippen LogP) is 3.55. The Hall–Kier alpha value is -2.64. The Balaban J connectivity index is 1.98. The van der Waals surface area contributed by atoms with Gasteiger partial charge in [0.15, 0.2) is 17.3 Å². The lowest BCUT2D eigenvalue weighted by Crippen LogP contribution is -1.95. The predicted molar refractivity (Wildman–Crippen MR) is 90.6 cm³/mol. The van der Waals surface area contributed by atoms with E-state index >= 15 is 0 Å². The van der Waals surface area contributed by atoms with Crippen LogP contribution in [-0.4, -0.2) is 31.3 Å². The molecule has 0 aliphatic rings. The van der Waals surface area contributed by atoms with E-state index in [1.54, 1.807) is 18.2 Å². The van der Waals surface area contributed by atoms with E-state index in [1.807, 2.05) is 12.1 Å². The van der Waals surface area contributed by atoms with Gasteiger partial charge in [-0.15, -0.1) is 0 Å². The minimum atomic E-state index is -0.220. The zero-order valence-electron chi connectivity index (χ0n) is 11.6. The number of aromatic nitrogens is 3. The van der Waals surface area contributed by atoms with Crippen LogP contribution < -0.4 is 0 Å². The molecule has 8 heteroatoms. The molecule has 3 rings (SSSR count). The number of nitrogens with one attached hydrogen (secondary N) is 1. The van der Waals surface area contributed by atoms with Crippen LogP contribution in [0, 0.1) is 4.77 Å². The van der Waals surface area contributed by atoms with E-state index in [-0.39, 0.29) is 11.5 Å². The summed E-state index contributed by atoms with van der Waals surface area (Å²) in [7, 11) is 0. The first kappa shape index (κ1) is 15.3. The third-order valence-corrected chi connectivity index (χ3v) is 3.59. The van der Waals surface area contributed by atoms with Crippen molar-refractivity contribution in [3.05, 3.63) is 57.8 Å². The van der Waals surface area contributed by atoms with Crippen LogP contribution in [0.25, 0.3) is 11.4 Å². The number of aromatic amines is 1. The normalized spacial score (nSPS) is 11.2. The van der Waals surface area contributed by atoms with Crippen LogP contribution in [0.1, 0.15) is 5.56 Å². The summed E-state index contributed by atoms with van der Waals surface area (Å²) >= 11 is 11.1. The van der Waals surface area contributed by atoms with Crippen molar-refractivity contribution in [3.63, 3.8) is 0 Å². The Morgan fingerprint density at radius 1 is 1.13 bits per heavy atom. The van der Waals surface area contributed by atoms with Gasteiger partial charge in [0, 0.05) is 10.6 Å². The van der Waals surface area contributed by atoms with Gasteiger partial charge in [0.05, 0.1) is 6.21 Å². The molecule has 3 N–H and O–H groups in total. The van der Waals surface area contributed by atoms with Crippen molar-refractivity contribution in [2.24, 2.45) is 5.10 Å². The van der Waals surface area contributed by atoms with Crippen molar-refractivity contribution >= 4 is 30.0 Å². The van der Waals surface area contributed by atoms with Crippen molar-refractivity contribution < 1.29 is 10.2 Å². The van der Waals surface area contributed by atoms with Crippen LogP contribution in [0.3, 0.4) is 0 Å². The summed E-state index contributed by atoms with van der Waals surface area (Å²) in [6.45, 7) is 0. The second-order valence-corrected chi connectivity index (χ2v) is 5.49. The number of hydrogen-bond donors (Lipinski definition) is 3. The van der Waals surface area contributed by atoms with Gasteiger partial charge in [0.2, 0.25) is 4.77 Å². The van der Waals surface area contributed by atoms with Crippen LogP contribution in [-0.2, 0) is 0 Å². The molecule has 0 atom stereocenters. The topological polar surface area (TPSA) is 86.4 Å². The molecule has 0 saturated carbocycles. The zero-order valence-corrected chi connectivity index (χ0v) is 13.2. The average molecular weight is 347 g/mol. The second kappa shape index (κ2) is 6.23. The molecule has 3 aromatic rings. The van der Waals surface area contributed by atoms with E-state index in [4.69, 9.17) is 23.8 Å². The van der Waals surface area contributed by atoms with Crippen LogP contribution in [0.5, 0.6) is 11.5 Å². The second-order valence-electron chi connectivity index (χ2n) is 4.66. The summed E-state index contributed by atoms with van der Waals surface area (Å²) in [5.41, 5.74) is 1.40. The summed E-state index contributed by atoms with van der Waals surface area (Å²) in [6, 6.07) is 11.5. The molecule has 1 aromatic heterocycles. The monoisotopic (exact) mass is 346 g/mol. The molecule has 0 fully saturated rings. The standard InChI is InChI=1S/C15H11ClN4O2S/c16-11-4-2-10(3-5-11)14-18-19-15(23)20(14)17-8-9-1-6-12(21)13(22)7-9/h1-8,21-22H,(H,19,23)/b17-8-. The van der Waals surface area contributed by atoms with E-state index in [0.29, 0.717) is 21.2 Å². The third kappa shape index (κ3) is 3.25. The highest BCUT2D eigenvalue weighted by molar-refractivity contribution is 7.71. The van der Waals surface area contributed by atoms with Gasteiger partial charge in [-0.25, -0.2) is 5.10 Å². The van der Waals surface area contributed by atoms with Gasteiger partial charge < -0.3 is 10.2 Å². The smallest absolute Gasteiger partial charge is 0.216 e. The van der Waals surface area contributed by atoms with E-state index in [0.717, 1.165) is 5.56 Å². The van der Waals surface area contributed by atoms with Crippen molar-refractivity contribution in [1.82, 2.24) is 14.9 Å². The lowest BCUT2D eigenvalue weighted by molar-refractivity contribution is 0.403. The maximum absolute atomic E-state index is 9.50. The fraction of sp³-hybridized carbons (Fsp3) is 0. The largest absolute Gasteiger partial charge is 0.504 e. The highest BCUT2D eigenvalue weighted by Gasteiger charge is 2.08. The van der Waals surface area contributed by atoms with E-state index < -0.39 is 0 Å². The van der Waals surface area contributed by atoms with Crippen LogP contribution in [0.2, 0.25) is 5.02 Å². The average Bonchev–Trinajstić information content (AvgIpc) is 2.90. The van der Waals surface area contributed by atoms with E-state index in [2.05, 4.69) is 15.3 Å². The lowest BCUT2D eigenvalue weighted by Gasteiger charge is -2.02. The Morgan fingerprint density at radius 3 is 2.57 bits per heavy atom. The van der Waals surface area contributed by atoms with Gasteiger partial charge in [-0.3, -0.25) is 0 Å². The third-order valence-electron chi connectivity index (χ3n) is 3.07. The fourth-order valence-electron chi connectivity index (χ4n) is 1.93. The van der Waals surface area contributed by atoms with E-state index in [9.17, 15) is 10.2 Å². The number of halogens is 1. The molecule has 6 nitrogen and oxygen atoms in total. The van der Waals surface area contributed by atoms with Gasteiger partial charge >= 0.3 is 0 Å². The Kier molecular flexibility index (Phi) is 4.14. The maximum atomic E-state index is 9.50. The van der Waals surface area contributed by atoms with Gasteiger partial charge in [0.25, 0.3) is 0 Å². The SMILES string of the molecule is Oc1ccc(/C=N\n2c(-c3ccc(Cl)cc3)n[nH]c2=S)cc1O. The molecule has 0 aliphatic heterocycles. The minimum Gasteiger partial charge on any atom is -0.504 e. The summed E-state index contributed by atoms with van der Waals surface area (Å²) in [4.78, 5) is 0. The van der Waals surface area contributed by atoms with Crippen LogP contribution in [0.15, 0.2) is 47.6 Å². The number of phenolic OH excluding ortho intramolecular Hbond substituents is 2. The number of nitrogens with zero attached hydrogens (tertiary/aromatic N) is 3. The van der Waals surface area contributed by atoms with Gasteiger partial charge in [-0.1, -0.05) is 11.6 Å². The summed E-state index contributed by atoms with van der Waals surface area (Å²) in [6.07, 6.45) is 1.50. The number of H-pyrrole nitrogens is 1. The maximum Gasteiger partial charge on any atom is 0.216 e. The summed E-state index contributed by atoms with van der Waals surface area (Å²) in [5, 5.41) is 30.6. The fourth-order valence-corrected chi connectivity index (χ4v) is 2.24. The molecule has 0 bridgehead atoms. The quantitative estimate of drug-likeness (QED) is 0.384. The highest BCUT2D eigenvalue weighted by Crippen LogP contribution is 2.24. The molecule has 0 spiro atoms. The summed E-state index contributed by atoms with van der Waals surface area (Å²) in [5.74, 6) is 0.123. The van der Waals surface area contributed by atoms with Gasteiger partial charge in [-0.2, -0.15) is 14.9 Å². The van der Waals surface area contributed by atoms with Crippen molar-refractivity contribution in [1.29, 1.82) is 0 Å². The van der Waals surface area contributed by atoms with Gasteiger partial charge in [-0.05, 0) is 60.2 Å². The molecular weight excluding hydrogens is 336 g/mol. The van der Waals surface area contributed by atoms with E-state index in [1.165, 1.54) is 23.0 Å². The molecule has 23 heavy (non-hydrogen) atoms. The number of aromatic hydroxyl groups is 2. The number of rotatable bonds is 3. The zero-order chi connectivity index (χ0) is 16.4. The Morgan fingerprint density at radius 2 is 1.87 bits per heavy atom. The molecule has 0 aliphatic carbocycles. The Bertz CT molecular complexity index is 931. The molecule has 0 saturated heterocycles. The van der Waals surface area contributed by atoms with Crippen molar-refractivity contribution in [2.75, 3.05) is 0 Å². The molecule has 116 valence electrons. The summed E-state index contributed by atoms with van der Waals surface area (Å²) < 4.78 is 1.79. The highest BCUT2D eigenvalue weighted by atomic mass is 35.5. The molecule has 0 radical (unpaired) electrons. The first-order valence-electron chi connectivity index (χ1n) is 6.54. The Labute approximate surface area is 141 Å². The lowest BCUT2D eigenvalue weighted by atomic mass is 10.2. The first-order valence-corrected chi connectivity index (χ1v) is 7.33. The molecule has 0 unspecified atom stereocenters. The molecule has 2 aromatic carbocycles. The molecule has 1 heterocycles.